The Morgan fingerprint density at radius 3 is 2.94 bits per heavy atom. The lowest BCUT2D eigenvalue weighted by molar-refractivity contribution is 0.497. The minimum absolute atomic E-state index is 0.166. The highest BCUT2D eigenvalue weighted by Gasteiger charge is 2.08. The van der Waals surface area contributed by atoms with Gasteiger partial charge < -0.3 is 9.73 Å². The molecule has 0 saturated carbocycles. The van der Waals surface area contributed by atoms with E-state index in [0.29, 0.717) is 0 Å². The topological polar surface area (TPSA) is 25.2 Å². The molecule has 1 N–H and O–H groups in total. The molecule has 1 unspecified atom stereocenters. The molecular weight excluding hydrogens is 285 g/mol. The smallest absolute Gasteiger partial charge is 0.125 e. The summed E-state index contributed by atoms with van der Waals surface area (Å²) in [6.45, 7) is 2.03. The van der Waals surface area contributed by atoms with E-state index >= 15 is 0 Å². The molecule has 0 bridgehead atoms. The molecule has 0 aliphatic rings. The summed E-state index contributed by atoms with van der Waals surface area (Å²) < 4.78 is 19.2. The van der Waals surface area contributed by atoms with Gasteiger partial charge in [-0.1, -0.05) is 0 Å². The molecule has 2 nitrogen and oxygen atoms in total. The van der Waals surface area contributed by atoms with Gasteiger partial charge in [0.05, 0.1) is 12.0 Å². The van der Waals surface area contributed by atoms with Crippen LogP contribution in [0.1, 0.15) is 12.7 Å². The van der Waals surface area contributed by atoms with Crippen LogP contribution >= 0.6 is 15.9 Å². The van der Waals surface area contributed by atoms with Crippen molar-refractivity contribution in [2.45, 2.75) is 19.4 Å². The molecule has 1 aromatic heterocycles. The standard InChI is InChI=1S/C13H13BrFNO/c1-9(7-11-3-2-6-17-11)16-13-8-10(15)4-5-12(13)14/h2-6,8-9,16H,7H2,1H3. The third-order valence-corrected chi connectivity index (χ3v) is 3.11. The van der Waals surface area contributed by atoms with Gasteiger partial charge >= 0.3 is 0 Å². The SMILES string of the molecule is CC(Cc1ccco1)Nc1cc(F)ccc1Br. The Hall–Kier alpha value is -1.29. The number of hydrogen-bond acceptors (Lipinski definition) is 2. The molecule has 2 aromatic rings. The fraction of sp³-hybridized carbons (Fsp3) is 0.231. The maximum atomic E-state index is 13.1. The number of hydrogen-bond donors (Lipinski definition) is 1. The van der Waals surface area contributed by atoms with E-state index in [0.717, 1.165) is 22.3 Å². The maximum Gasteiger partial charge on any atom is 0.125 e. The minimum Gasteiger partial charge on any atom is -0.469 e. The second-order valence-electron chi connectivity index (χ2n) is 3.95. The quantitative estimate of drug-likeness (QED) is 0.914. The Bertz CT molecular complexity index is 484. The van der Waals surface area contributed by atoms with Crippen molar-refractivity contribution < 1.29 is 8.81 Å². The van der Waals surface area contributed by atoms with E-state index in [4.69, 9.17) is 4.42 Å². The molecule has 0 saturated heterocycles. The molecule has 1 atom stereocenters. The summed E-state index contributed by atoms with van der Waals surface area (Å²) in [5.74, 6) is 0.665. The van der Waals surface area contributed by atoms with E-state index in [1.807, 2.05) is 19.1 Å². The molecule has 0 fully saturated rings. The van der Waals surface area contributed by atoms with E-state index in [1.54, 1.807) is 12.3 Å². The molecule has 1 aromatic carbocycles. The number of rotatable bonds is 4. The van der Waals surface area contributed by atoms with Crippen LogP contribution in [0.25, 0.3) is 0 Å². The summed E-state index contributed by atoms with van der Waals surface area (Å²) in [5, 5.41) is 3.24. The van der Waals surface area contributed by atoms with Crippen molar-refractivity contribution in [3.63, 3.8) is 0 Å². The van der Waals surface area contributed by atoms with Crippen molar-refractivity contribution in [1.82, 2.24) is 0 Å². The molecule has 0 aliphatic heterocycles. The summed E-state index contributed by atoms with van der Waals surface area (Å²) in [6, 6.07) is 8.55. The first kappa shape index (κ1) is 12.2. The average Bonchev–Trinajstić information content (AvgIpc) is 2.76. The van der Waals surface area contributed by atoms with Gasteiger partial charge in [-0.15, -0.1) is 0 Å². The first-order chi connectivity index (χ1) is 8.15. The predicted molar refractivity (Wildman–Crippen MR) is 69.6 cm³/mol. The van der Waals surface area contributed by atoms with E-state index in [2.05, 4.69) is 21.2 Å². The molecule has 0 spiro atoms. The zero-order valence-electron chi connectivity index (χ0n) is 9.41. The molecule has 0 radical (unpaired) electrons. The van der Waals surface area contributed by atoms with Crippen LogP contribution in [-0.4, -0.2) is 6.04 Å². The summed E-state index contributed by atoms with van der Waals surface area (Å²) in [7, 11) is 0. The van der Waals surface area contributed by atoms with Crippen molar-refractivity contribution in [3.8, 4) is 0 Å². The van der Waals surface area contributed by atoms with Crippen LogP contribution in [0.3, 0.4) is 0 Å². The van der Waals surface area contributed by atoms with Gasteiger partial charge in [0.15, 0.2) is 0 Å². The van der Waals surface area contributed by atoms with Crippen molar-refractivity contribution in [2.75, 3.05) is 5.32 Å². The van der Waals surface area contributed by atoms with Gasteiger partial charge in [0.25, 0.3) is 0 Å². The number of halogens is 2. The highest BCUT2D eigenvalue weighted by molar-refractivity contribution is 9.10. The normalized spacial score (nSPS) is 12.4. The Morgan fingerprint density at radius 2 is 2.24 bits per heavy atom. The molecular formula is C13H13BrFNO. The van der Waals surface area contributed by atoms with Crippen LogP contribution in [0.5, 0.6) is 0 Å². The van der Waals surface area contributed by atoms with Gasteiger partial charge in [-0.2, -0.15) is 0 Å². The lowest BCUT2D eigenvalue weighted by atomic mass is 10.2. The van der Waals surface area contributed by atoms with Gasteiger partial charge in [0.2, 0.25) is 0 Å². The Kier molecular flexibility index (Phi) is 3.84. The highest BCUT2D eigenvalue weighted by Crippen LogP contribution is 2.24. The zero-order valence-corrected chi connectivity index (χ0v) is 11.0. The summed E-state index contributed by atoms with van der Waals surface area (Å²) in [6.07, 6.45) is 2.41. The van der Waals surface area contributed by atoms with Crippen LogP contribution in [0, 0.1) is 5.82 Å². The highest BCUT2D eigenvalue weighted by atomic mass is 79.9. The molecule has 0 aliphatic carbocycles. The third kappa shape index (κ3) is 3.33. The second-order valence-corrected chi connectivity index (χ2v) is 4.81. The fourth-order valence-corrected chi connectivity index (χ4v) is 2.02. The van der Waals surface area contributed by atoms with Gasteiger partial charge in [0, 0.05) is 16.9 Å². The zero-order chi connectivity index (χ0) is 12.3. The van der Waals surface area contributed by atoms with E-state index in [1.165, 1.54) is 12.1 Å². The van der Waals surface area contributed by atoms with Gasteiger partial charge in [-0.3, -0.25) is 0 Å². The summed E-state index contributed by atoms with van der Waals surface area (Å²) >= 11 is 3.38. The fourth-order valence-electron chi connectivity index (χ4n) is 1.66. The van der Waals surface area contributed by atoms with Crippen LogP contribution in [0.2, 0.25) is 0 Å². The van der Waals surface area contributed by atoms with Gasteiger partial charge in [-0.25, -0.2) is 4.39 Å². The monoisotopic (exact) mass is 297 g/mol. The largest absolute Gasteiger partial charge is 0.469 e. The lowest BCUT2D eigenvalue weighted by Crippen LogP contribution is -2.18. The number of furan rings is 1. The third-order valence-electron chi connectivity index (χ3n) is 2.42. The maximum absolute atomic E-state index is 13.1. The average molecular weight is 298 g/mol. The molecule has 2 rings (SSSR count). The van der Waals surface area contributed by atoms with Crippen molar-refractivity contribution >= 4 is 21.6 Å². The lowest BCUT2D eigenvalue weighted by Gasteiger charge is -2.15. The van der Waals surface area contributed by atoms with Crippen molar-refractivity contribution in [1.29, 1.82) is 0 Å². The first-order valence-corrected chi connectivity index (χ1v) is 6.18. The second kappa shape index (κ2) is 5.36. The van der Waals surface area contributed by atoms with Gasteiger partial charge in [0.1, 0.15) is 11.6 Å². The van der Waals surface area contributed by atoms with E-state index in [9.17, 15) is 4.39 Å². The number of nitrogens with one attached hydrogen (secondary N) is 1. The summed E-state index contributed by atoms with van der Waals surface area (Å²) in [5.41, 5.74) is 0.754. The Labute approximate surface area is 108 Å². The number of anilines is 1. The van der Waals surface area contributed by atoms with E-state index < -0.39 is 0 Å². The van der Waals surface area contributed by atoms with E-state index in [-0.39, 0.29) is 11.9 Å². The minimum atomic E-state index is -0.249. The molecule has 4 heteroatoms. The van der Waals surface area contributed by atoms with Crippen molar-refractivity contribution in [3.05, 3.63) is 52.6 Å². The van der Waals surface area contributed by atoms with Crippen LogP contribution < -0.4 is 5.32 Å². The summed E-state index contributed by atoms with van der Waals surface area (Å²) in [4.78, 5) is 0. The van der Waals surface area contributed by atoms with Crippen LogP contribution in [0.4, 0.5) is 10.1 Å². The van der Waals surface area contributed by atoms with Gasteiger partial charge in [-0.05, 0) is 53.2 Å². The molecule has 1 heterocycles. The van der Waals surface area contributed by atoms with Crippen molar-refractivity contribution in [2.24, 2.45) is 0 Å². The molecule has 0 amide bonds. The van der Waals surface area contributed by atoms with Crippen LogP contribution in [-0.2, 0) is 6.42 Å². The Balaban J connectivity index is 2.02. The molecule has 17 heavy (non-hydrogen) atoms. The Morgan fingerprint density at radius 1 is 1.41 bits per heavy atom. The van der Waals surface area contributed by atoms with Crippen LogP contribution in [0.15, 0.2) is 45.5 Å². The molecule has 90 valence electrons. The number of benzene rings is 1. The predicted octanol–water partition coefficient (Wildman–Crippen LogP) is 4.22. The first-order valence-electron chi connectivity index (χ1n) is 5.39.